The lowest BCUT2D eigenvalue weighted by Crippen LogP contribution is -2.31. The third kappa shape index (κ3) is 3.45. The van der Waals surface area contributed by atoms with Crippen molar-refractivity contribution in [2.75, 3.05) is 5.32 Å². The molecule has 3 nitrogen and oxygen atoms in total. The molecule has 0 fully saturated rings. The monoisotopic (exact) mass is 323 g/mol. The molecule has 126 valence electrons. The minimum absolute atomic E-state index is 0.110. The van der Waals surface area contributed by atoms with Gasteiger partial charge < -0.3 is 10.1 Å². The zero-order valence-corrected chi connectivity index (χ0v) is 14.7. The number of ether oxygens (including phenoxy) is 1. The molecule has 0 saturated carbocycles. The summed E-state index contributed by atoms with van der Waals surface area (Å²) in [5.41, 5.74) is 5.64. The summed E-state index contributed by atoms with van der Waals surface area (Å²) in [5, 5.41) is 3.01. The molecule has 0 spiro atoms. The van der Waals surface area contributed by atoms with Gasteiger partial charge >= 0.3 is 0 Å². The molecule has 0 aliphatic heterocycles. The number of hydrogen-bond donors (Lipinski definition) is 1. The Morgan fingerprint density at radius 2 is 1.71 bits per heavy atom. The predicted molar refractivity (Wildman–Crippen MR) is 97.7 cm³/mol. The number of fused-ring (bicyclic) bond motifs is 1. The van der Waals surface area contributed by atoms with Gasteiger partial charge in [0.2, 0.25) is 0 Å². The zero-order chi connectivity index (χ0) is 17.1. The Bertz CT molecular complexity index is 731. The van der Waals surface area contributed by atoms with Gasteiger partial charge in [0.15, 0.2) is 6.10 Å². The van der Waals surface area contributed by atoms with Crippen LogP contribution in [0.15, 0.2) is 36.4 Å². The third-order valence-electron chi connectivity index (χ3n) is 4.76. The van der Waals surface area contributed by atoms with Crippen LogP contribution in [-0.4, -0.2) is 12.0 Å². The summed E-state index contributed by atoms with van der Waals surface area (Å²) in [4.78, 5) is 12.6. The summed E-state index contributed by atoms with van der Waals surface area (Å²) in [7, 11) is 0. The highest BCUT2D eigenvalue weighted by atomic mass is 16.5. The van der Waals surface area contributed by atoms with Gasteiger partial charge in [0.25, 0.3) is 5.91 Å². The molecular weight excluding hydrogens is 298 g/mol. The first kappa shape index (κ1) is 16.6. The van der Waals surface area contributed by atoms with E-state index in [1.807, 2.05) is 51.1 Å². The van der Waals surface area contributed by atoms with Crippen LogP contribution in [0.1, 0.15) is 42.0 Å². The molecule has 1 atom stereocenters. The number of hydrogen-bond acceptors (Lipinski definition) is 2. The first-order valence-electron chi connectivity index (χ1n) is 8.71. The summed E-state index contributed by atoms with van der Waals surface area (Å²) in [6.07, 6.45) is 4.04. The van der Waals surface area contributed by atoms with Crippen molar-refractivity contribution >= 4 is 11.6 Å². The quantitative estimate of drug-likeness (QED) is 0.894. The molecular formula is C21H25NO2. The Kier molecular flexibility index (Phi) is 4.89. The van der Waals surface area contributed by atoms with Gasteiger partial charge in [-0.15, -0.1) is 0 Å². The van der Waals surface area contributed by atoms with E-state index in [4.69, 9.17) is 4.74 Å². The van der Waals surface area contributed by atoms with Crippen LogP contribution in [0.4, 0.5) is 5.69 Å². The standard InChI is InChI=1S/C21H25NO2/c1-14-8-6-9-15(2)20(14)22-21(23)16(3)24-19-13-7-11-17-10-4-5-12-18(17)19/h6-9,11,13,16H,4-5,10,12H2,1-3H3,(H,22,23). The van der Waals surface area contributed by atoms with Crippen molar-refractivity contribution < 1.29 is 9.53 Å². The van der Waals surface area contributed by atoms with Gasteiger partial charge in [0.05, 0.1) is 0 Å². The van der Waals surface area contributed by atoms with Gasteiger partial charge in [-0.25, -0.2) is 0 Å². The van der Waals surface area contributed by atoms with Crippen LogP contribution in [-0.2, 0) is 17.6 Å². The van der Waals surface area contributed by atoms with Gasteiger partial charge in [-0.3, -0.25) is 4.79 Å². The lowest BCUT2D eigenvalue weighted by Gasteiger charge is -2.22. The number of amides is 1. The Labute approximate surface area is 144 Å². The van der Waals surface area contributed by atoms with E-state index in [2.05, 4.69) is 11.4 Å². The SMILES string of the molecule is Cc1cccc(C)c1NC(=O)C(C)Oc1cccc2c1CCCC2. The molecule has 0 heterocycles. The molecule has 0 bridgehead atoms. The van der Waals surface area contributed by atoms with Crippen LogP contribution >= 0.6 is 0 Å². The molecule has 1 N–H and O–H groups in total. The molecule has 1 unspecified atom stereocenters. The van der Waals surface area contributed by atoms with Crippen LogP contribution in [0.25, 0.3) is 0 Å². The fourth-order valence-corrected chi connectivity index (χ4v) is 3.34. The predicted octanol–water partition coefficient (Wildman–Crippen LogP) is 4.59. The van der Waals surface area contributed by atoms with Crippen molar-refractivity contribution in [2.24, 2.45) is 0 Å². The lowest BCUT2D eigenvalue weighted by molar-refractivity contribution is -0.122. The molecule has 3 rings (SSSR count). The fourth-order valence-electron chi connectivity index (χ4n) is 3.34. The fraction of sp³-hybridized carbons (Fsp3) is 0.381. The Morgan fingerprint density at radius 1 is 1.04 bits per heavy atom. The molecule has 1 aliphatic carbocycles. The maximum Gasteiger partial charge on any atom is 0.265 e. The normalized spacial score (nSPS) is 14.6. The molecule has 24 heavy (non-hydrogen) atoms. The van der Waals surface area contributed by atoms with Crippen molar-refractivity contribution in [3.8, 4) is 5.75 Å². The summed E-state index contributed by atoms with van der Waals surface area (Å²) >= 11 is 0. The van der Waals surface area contributed by atoms with Gasteiger partial charge in [-0.1, -0.05) is 30.3 Å². The van der Waals surface area contributed by atoms with Crippen LogP contribution in [0, 0.1) is 13.8 Å². The topological polar surface area (TPSA) is 38.3 Å². The van der Waals surface area contributed by atoms with Gasteiger partial charge in [0, 0.05) is 5.69 Å². The van der Waals surface area contributed by atoms with Gasteiger partial charge in [-0.05, 0) is 74.8 Å². The molecule has 0 radical (unpaired) electrons. The number of benzene rings is 2. The minimum atomic E-state index is -0.530. The second-order valence-electron chi connectivity index (χ2n) is 6.62. The van der Waals surface area contributed by atoms with E-state index in [1.165, 1.54) is 24.0 Å². The number of rotatable bonds is 4. The minimum Gasteiger partial charge on any atom is -0.481 e. The first-order chi connectivity index (χ1) is 11.6. The second kappa shape index (κ2) is 7.08. The summed E-state index contributed by atoms with van der Waals surface area (Å²) in [6, 6.07) is 12.2. The van der Waals surface area contributed by atoms with Gasteiger partial charge in [0.1, 0.15) is 5.75 Å². The van der Waals surface area contributed by atoms with Crippen LogP contribution in [0.2, 0.25) is 0 Å². The van der Waals surface area contributed by atoms with E-state index < -0.39 is 6.10 Å². The number of carbonyl (C=O) groups is 1. The highest BCUT2D eigenvalue weighted by Crippen LogP contribution is 2.30. The average molecular weight is 323 g/mol. The second-order valence-corrected chi connectivity index (χ2v) is 6.62. The van der Waals surface area contributed by atoms with Crippen LogP contribution < -0.4 is 10.1 Å². The molecule has 1 amide bonds. The number of anilines is 1. The number of carbonyl (C=O) groups excluding carboxylic acids is 1. The summed E-state index contributed by atoms with van der Waals surface area (Å²) < 4.78 is 6.01. The summed E-state index contributed by atoms with van der Waals surface area (Å²) in [6.45, 7) is 5.81. The van der Waals surface area contributed by atoms with Crippen molar-refractivity contribution in [2.45, 2.75) is 52.6 Å². The smallest absolute Gasteiger partial charge is 0.265 e. The molecule has 0 saturated heterocycles. The van der Waals surface area contributed by atoms with E-state index in [0.29, 0.717) is 0 Å². The maximum absolute atomic E-state index is 12.6. The first-order valence-corrected chi connectivity index (χ1v) is 8.71. The third-order valence-corrected chi connectivity index (χ3v) is 4.76. The molecule has 0 aromatic heterocycles. The Hall–Kier alpha value is -2.29. The van der Waals surface area contributed by atoms with Crippen LogP contribution in [0.5, 0.6) is 5.75 Å². The highest BCUT2D eigenvalue weighted by Gasteiger charge is 2.20. The largest absolute Gasteiger partial charge is 0.481 e. The van der Waals surface area contributed by atoms with Crippen molar-refractivity contribution in [3.63, 3.8) is 0 Å². The van der Waals surface area contributed by atoms with E-state index in [0.717, 1.165) is 35.4 Å². The number of aryl methyl sites for hydroxylation is 3. The number of nitrogens with one attached hydrogen (secondary N) is 1. The molecule has 2 aromatic rings. The van der Waals surface area contributed by atoms with Crippen molar-refractivity contribution in [1.82, 2.24) is 0 Å². The highest BCUT2D eigenvalue weighted by molar-refractivity contribution is 5.95. The molecule has 3 heteroatoms. The number of para-hydroxylation sites is 1. The van der Waals surface area contributed by atoms with E-state index in [9.17, 15) is 4.79 Å². The average Bonchev–Trinajstić information content (AvgIpc) is 2.58. The van der Waals surface area contributed by atoms with Crippen LogP contribution in [0.3, 0.4) is 0 Å². The van der Waals surface area contributed by atoms with Crippen molar-refractivity contribution in [3.05, 3.63) is 58.7 Å². The molecule has 1 aliphatic rings. The van der Waals surface area contributed by atoms with E-state index in [1.54, 1.807) is 0 Å². The Morgan fingerprint density at radius 3 is 2.46 bits per heavy atom. The summed E-state index contributed by atoms with van der Waals surface area (Å²) in [5.74, 6) is 0.747. The molecule has 2 aromatic carbocycles. The maximum atomic E-state index is 12.6. The van der Waals surface area contributed by atoms with Gasteiger partial charge in [-0.2, -0.15) is 0 Å². The van der Waals surface area contributed by atoms with Crippen molar-refractivity contribution in [1.29, 1.82) is 0 Å². The van der Waals surface area contributed by atoms with E-state index in [-0.39, 0.29) is 5.91 Å². The van der Waals surface area contributed by atoms with E-state index >= 15 is 0 Å². The lowest BCUT2D eigenvalue weighted by atomic mass is 9.91. The Balaban J connectivity index is 1.73. The zero-order valence-electron chi connectivity index (χ0n) is 14.7.